The van der Waals surface area contributed by atoms with Crippen LogP contribution >= 0.6 is 0 Å². The lowest BCUT2D eigenvalue weighted by Gasteiger charge is -1.89. The summed E-state index contributed by atoms with van der Waals surface area (Å²) in [5.74, 6) is 0. The molecule has 1 radical (unpaired) electrons. The van der Waals surface area contributed by atoms with Gasteiger partial charge in [-0.2, -0.15) is 0 Å². The normalized spacial score (nSPS) is 27.6. The smallest absolute Gasteiger partial charge is 0.00441 e. The van der Waals surface area contributed by atoms with Crippen LogP contribution in [-0.2, 0) is 0 Å². The van der Waals surface area contributed by atoms with Crippen LogP contribution in [0.2, 0.25) is 0 Å². The van der Waals surface area contributed by atoms with E-state index in [-0.39, 0.29) is 0 Å². The minimum Gasteiger partial charge on any atom is -0.0879 e. The maximum absolute atomic E-state index is 2.23. The standard InChI is InChI=1S/C9H13/c1-2-4-6-8-9-7-5-3-1/h1-5H,6-9H2/b4-2-,5-3-. The van der Waals surface area contributed by atoms with E-state index in [0.717, 1.165) is 0 Å². The van der Waals surface area contributed by atoms with Crippen molar-refractivity contribution in [2.75, 3.05) is 0 Å². The van der Waals surface area contributed by atoms with Crippen LogP contribution in [0, 0.1) is 6.42 Å². The summed E-state index contributed by atoms with van der Waals surface area (Å²) in [6.45, 7) is 0. The number of hydrogen-bond acceptors (Lipinski definition) is 0. The molecule has 0 N–H and O–H groups in total. The second-order valence-electron chi connectivity index (χ2n) is 2.33. The summed E-state index contributed by atoms with van der Waals surface area (Å²) >= 11 is 0. The molecule has 0 heteroatoms. The molecule has 0 amide bonds. The van der Waals surface area contributed by atoms with E-state index in [1.54, 1.807) is 0 Å². The molecule has 0 aromatic heterocycles. The maximum Gasteiger partial charge on any atom is 0.00441 e. The Morgan fingerprint density at radius 3 is 1.89 bits per heavy atom. The van der Waals surface area contributed by atoms with Crippen molar-refractivity contribution in [2.24, 2.45) is 0 Å². The van der Waals surface area contributed by atoms with Gasteiger partial charge in [-0.25, -0.2) is 0 Å². The highest BCUT2D eigenvalue weighted by Crippen LogP contribution is 2.04. The highest BCUT2D eigenvalue weighted by molar-refractivity contribution is 5.08. The van der Waals surface area contributed by atoms with E-state index >= 15 is 0 Å². The lowest BCUT2D eigenvalue weighted by atomic mass is 10.2. The van der Waals surface area contributed by atoms with Crippen LogP contribution in [0.3, 0.4) is 0 Å². The van der Waals surface area contributed by atoms with Crippen LogP contribution in [-0.4, -0.2) is 0 Å². The molecule has 1 aliphatic carbocycles. The van der Waals surface area contributed by atoms with Gasteiger partial charge in [0.15, 0.2) is 0 Å². The quantitative estimate of drug-likeness (QED) is 0.462. The van der Waals surface area contributed by atoms with Gasteiger partial charge in [0.2, 0.25) is 0 Å². The summed E-state index contributed by atoms with van der Waals surface area (Å²) in [5, 5.41) is 0. The van der Waals surface area contributed by atoms with E-state index in [1.807, 2.05) is 0 Å². The van der Waals surface area contributed by atoms with Crippen molar-refractivity contribution in [1.29, 1.82) is 0 Å². The van der Waals surface area contributed by atoms with Crippen molar-refractivity contribution in [3.05, 3.63) is 30.7 Å². The third-order valence-corrected chi connectivity index (χ3v) is 1.49. The summed E-state index contributed by atoms with van der Waals surface area (Å²) in [5.41, 5.74) is 0. The van der Waals surface area contributed by atoms with Crippen LogP contribution in [0.1, 0.15) is 25.7 Å². The maximum atomic E-state index is 2.23. The van der Waals surface area contributed by atoms with Crippen molar-refractivity contribution in [2.45, 2.75) is 25.7 Å². The zero-order chi connectivity index (χ0) is 6.36. The van der Waals surface area contributed by atoms with E-state index in [1.165, 1.54) is 25.7 Å². The van der Waals surface area contributed by atoms with E-state index in [2.05, 4.69) is 30.7 Å². The Morgan fingerprint density at radius 2 is 1.33 bits per heavy atom. The SMILES string of the molecule is [CH]1/C=C\CCCC/C=C\1. The van der Waals surface area contributed by atoms with Crippen LogP contribution in [0.5, 0.6) is 0 Å². The Kier molecular flexibility index (Phi) is 3.20. The molecule has 0 aromatic rings. The van der Waals surface area contributed by atoms with Crippen molar-refractivity contribution in [3.63, 3.8) is 0 Å². The van der Waals surface area contributed by atoms with Gasteiger partial charge < -0.3 is 0 Å². The first-order valence-corrected chi connectivity index (χ1v) is 3.65. The predicted molar refractivity (Wildman–Crippen MR) is 41.0 cm³/mol. The van der Waals surface area contributed by atoms with Crippen molar-refractivity contribution >= 4 is 0 Å². The molecule has 0 saturated carbocycles. The summed E-state index contributed by atoms with van der Waals surface area (Å²) in [7, 11) is 0. The number of allylic oxidation sites excluding steroid dienone is 4. The fourth-order valence-corrected chi connectivity index (χ4v) is 0.938. The summed E-state index contributed by atoms with van der Waals surface area (Å²) in [4.78, 5) is 0. The lowest BCUT2D eigenvalue weighted by molar-refractivity contribution is 0.764. The van der Waals surface area contributed by atoms with Crippen molar-refractivity contribution in [3.8, 4) is 0 Å². The van der Waals surface area contributed by atoms with Crippen LogP contribution in [0.15, 0.2) is 24.3 Å². The Balaban J connectivity index is 2.28. The van der Waals surface area contributed by atoms with Crippen LogP contribution < -0.4 is 0 Å². The number of hydrogen-bond donors (Lipinski definition) is 0. The average molecular weight is 121 g/mol. The van der Waals surface area contributed by atoms with Gasteiger partial charge in [-0.15, -0.1) is 0 Å². The van der Waals surface area contributed by atoms with E-state index in [0.29, 0.717) is 0 Å². The van der Waals surface area contributed by atoms with Crippen molar-refractivity contribution < 1.29 is 0 Å². The molecule has 0 aliphatic heterocycles. The van der Waals surface area contributed by atoms with Crippen LogP contribution in [0.4, 0.5) is 0 Å². The molecule has 0 atom stereocenters. The summed E-state index contributed by atoms with van der Waals surface area (Å²) < 4.78 is 0. The Bertz CT molecular complexity index is 95.2. The molecule has 0 aromatic carbocycles. The molecule has 0 fully saturated rings. The van der Waals surface area contributed by atoms with Gasteiger partial charge in [0.05, 0.1) is 0 Å². The minimum atomic E-state index is 1.25. The first-order chi connectivity index (χ1) is 4.50. The molecule has 0 nitrogen and oxygen atoms in total. The lowest BCUT2D eigenvalue weighted by Crippen LogP contribution is -1.69. The predicted octanol–water partition coefficient (Wildman–Crippen LogP) is 2.88. The first-order valence-electron chi connectivity index (χ1n) is 3.65. The van der Waals surface area contributed by atoms with Gasteiger partial charge in [-0.05, 0) is 25.7 Å². The van der Waals surface area contributed by atoms with Crippen LogP contribution in [0.25, 0.3) is 0 Å². The van der Waals surface area contributed by atoms with Gasteiger partial charge in [0.25, 0.3) is 0 Å². The second kappa shape index (κ2) is 4.37. The highest BCUT2D eigenvalue weighted by Gasteiger charge is 1.85. The molecule has 9 heavy (non-hydrogen) atoms. The molecular formula is C9H13. The van der Waals surface area contributed by atoms with Crippen molar-refractivity contribution in [1.82, 2.24) is 0 Å². The molecule has 0 bridgehead atoms. The second-order valence-corrected chi connectivity index (χ2v) is 2.33. The monoisotopic (exact) mass is 121 g/mol. The Labute approximate surface area is 57.3 Å². The number of rotatable bonds is 0. The summed E-state index contributed by atoms with van der Waals surface area (Å²) in [6.07, 6.45) is 16.0. The topological polar surface area (TPSA) is 0 Å². The highest BCUT2D eigenvalue weighted by atomic mass is 13.9. The Hall–Kier alpha value is -0.520. The Morgan fingerprint density at radius 1 is 0.778 bits per heavy atom. The third kappa shape index (κ3) is 3.12. The molecular weight excluding hydrogens is 108 g/mol. The van der Waals surface area contributed by atoms with Gasteiger partial charge in [0.1, 0.15) is 0 Å². The molecule has 0 unspecified atom stereocenters. The molecule has 49 valence electrons. The molecule has 0 spiro atoms. The zero-order valence-electron chi connectivity index (χ0n) is 5.72. The van der Waals surface area contributed by atoms with Gasteiger partial charge in [0, 0.05) is 6.42 Å². The van der Waals surface area contributed by atoms with E-state index < -0.39 is 0 Å². The van der Waals surface area contributed by atoms with Gasteiger partial charge >= 0.3 is 0 Å². The third-order valence-electron chi connectivity index (χ3n) is 1.49. The van der Waals surface area contributed by atoms with Gasteiger partial charge in [-0.1, -0.05) is 24.3 Å². The molecule has 1 aliphatic rings. The molecule has 0 heterocycles. The fourth-order valence-electron chi connectivity index (χ4n) is 0.938. The largest absolute Gasteiger partial charge is 0.0879 e. The first kappa shape index (κ1) is 6.60. The van der Waals surface area contributed by atoms with Gasteiger partial charge in [-0.3, -0.25) is 0 Å². The van der Waals surface area contributed by atoms with E-state index in [9.17, 15) is 0 Å². The fraction of sp³-hybridized carbons (Fsp3) is 0.444. The average Bonchev–Trinajstić information content (AvgIpc) is 2.00. The molecule has 0 saturated heterocycles. The zero-order valence-corrected chi connectivity index (χ0v) is 5.72. The van der Waals surface area contributed by atoms with E-state index in [4.69, 9.17) is 0 Å². The minimum absolute atomic E-state index is 1.25. The molecule has 1 rings (SSSR count). The summed E-state index contributed by atoms with van der Waals surface area (Å²) in [6, 6.07) is 0.